The van der Waals surface area contributed by atoms with E-state index in [4.69, 9.17) is 38.5 Å². The van der Waals surface area contributed by atoms with Crippen LogP contribution in [0.3, 0.4) is 0 Å². The summed E-state index contributed by atoms with van der Waals surface area (Å²) in [6, 6.07) is 0. The number of hydrogen-bond donors (Lipinski definition) is 0. The van der Waals surface area contributed by atoms with Gasteiger partial charge in [-0.1, -0.05) is 0 Å². The minimum Gasteiger partial charge on any atom is -1.00 e. The van der Waals surface area contributed by atoms with E-state index in [1.165, 1.54) is 0 Å². The first-order valence-corrected chi connectivity index (χ1v) is 4.38. The van der Waals surface area contributed by atoms with Crippen LogP contribution in [0.25, 0.3) is 0 Å². The Balaban J connectivity index is -0.00000000970. The summed E-state index contributed by atoms with van der Waals surface area (Å²) in [5, 5.41) is 0. The number of phosphoric acid groups is 2. The van der Waals surface area contributed by atoms with E-state index in [2.05, 4.69) is 0 Å². The number of rotatable bonds is 0. The van der Waals surface area contributed by atoms with E-state index in [0.717, 1.165) is 0 Å². The van der Waals surface area contributed by atoms with Crippen molar-refractivity contribution in [2.24, 2.45) is 0 Å². The maximum absolute atomic E-state index is 8.55. The van der Waals surface area contributed by atoms with Crippen molar-refractivity contribution < 1.29 is 41.3 Å². The molecule has 0 spiro atoms. The van der Waals surface area contributed by atoms with Gasteiger partial charge >= 0.3 is 107 Å². The van der Waals surface area contributed by atoms with Gasteiger partial charge < -0.3 is 41.3 Å². The molecule has 0 aliphatic heterocycles. The van der Waals surface area contributed by atoms with E-state index in [0.29, 0.717) is 0 Å². The van der Waals surface area contributed by atoms with Crippen LogP contribution in [0.15, 0.2) is 0 Å². The molecule has 0 saturated carbocycles. The Morgan fingerprint density at radius 3 is 0.643 bits per heavy atom. The van der Waals surface area contributed by atoms with E-state index in [9.17, 15) is 0 Å². The Morgan fingerprint density at radius 2 is 0.643 bits per heavy atom. The Kier molecular flexibility index (Phi) is 43.2. The molecule has 8 nitrogen and oxygen atoms in total. The van der Waals surface area contributed by atoms with Crippen LogP contribution in [-0.2, 0) is 9.13 Å². The van der Waals surface area contributed by atoms with Crippen molar-refractivity contribution in [1.29, 1.82) is 0 Å². The Hall–Kier alpha value is 3.78. The van der Waals surface area contributed by atoms with Gasteiger partial charge in [-0.3, -0.25) is 0 Å². The van der Waals surface area contributed by atoms with Crippen molar-refractivity contribution >= 4 is 123 Å². The van der Waals surface area contributed by atoms with Crippen molar-refractivity contribution in [2.45, 2.75) is 0 Å². The van der Waals surface area contributed by atoms with Crippen molar-refractivity contribution in [1.82, 2.24) is 0 Å². The average Bonchev–Trinajstić information content (AvgIpc) is 1.12. The third-order valence-electron chi connectivity index (χ3n) is 0. The van der Waals surface area contributed by atoms with Gasteiger partial charge in [0.25, 0.3) is 0 Å². The predicted octanol–water partition coefficient (Wildman–Crippen LogP) is -6.95. The summed E-state index contributed by atoms with van der Waals surface area (Å²) in [6.45, 7) is 0. The van der Waals surface area contributed by atoms with Crippen LogP contribution in [0.1, 0.15) is 2.85 Å². The number of hydrogen-bond acceptors (Lipinski definition) is 8. The van der Waals surface area contributed by atoms with Gasteiger partial charge in [0.1, 0.15) is 0 Å². The molecule has 0 radical (unpaired) electrons. The molecule has 68 valence electrons. The van der Waals surface area contributed by atoms with E-state index in [1.54, 1.807) is 0 Å². The summed E-state index contributed by atoms with van der Waals surface area (Å²) in [5.74, 6) is 0. The van der Waals surface area contributed by atoms with Crippen molar-refractivity contribution in [3.63, 3.8) is 0 Å². The molecular formula is H2CaMg3O8P2. The van der Waals surface area contributed by atoms with Gasteiger partial charge in [0.15, 0.2) is 0 Å². The summed E-state index contributed by atoms with van der Waals surface area (Å²) in [7, 11) is -10.8. The molecule has 0 amide bonds. The summed E-state index contributed by atoms with van der Waals surface area (Å²) in [6.07, 6.45) is 0. The van der Waals surface area contributed by atoms with E-state index >= 15 is 0 Å². The van der Waals surface area contributed by atoms with Gasteiger partial charge in [-0.05, 0) is 0 Å². The Morgan fingerprint density at radius 1 is 0.643 bits per heavy atom. The largest absolute Gasteiger partial charge is 2.00 e. The molecule has 0 saturated heterocycles. The Bertz CT molecular complexity index is 144. The molecule has 0 unspecified atom stereocenters. The minimum absolute atomic E-state index is 0. The molecule has 0 aliphatic rings. The summed E-state index contributed by atoms with van der Waals surface area (Å²) in [5.41, 5.74) is 0. The fourth-order valence-corrected chi connectivity index (χ4v) is 0. The second-order valence-electron chi connectivity index (χ2n) is 0.894. The molecule has 0 aromatic heterocycles. The van der Waals surface area contributed by atoms with E-state index < -0.39 is 15.6 Å². The molecule has 0 bridgehead atoms. The third-order valence-corrected chi connectivity index (χ3v) is 0. The quantitative estimate of drug-likeness (QED) is 0.313. The molecule has 0 N–H and O–H groups in total. The average molecular weight is 305 g/mol. The molecule has 0 aromatic rings. The molecule has 0 atom stereocenters. The predicted molar refractivity (Wildman–Crippen MR) is 40.5 cm³/mol. The SMILES string of the molecule is O=P([O-])([O-])[O-].O=P([O-])([O-])[O-].[Ca+2].[H-].[H-].[Mg+2].[Mg+2].[Mg+2]. The van der Waals surface area contributed by atoms with Crippen LogP contribution in [0.2, 0.25) is 0 Å². The summed E-state index contributed by atoms with van der Waals surface area (Å²) < 4.78 is 17.1. The molecule has 0 aliphatic carbocycles. The van der Waals surface area contributed by atoms with Gasteiger partial charge in [-0.25, -0.2) is 0 Å². The fourth-order valence-electron chi connectivity index (χ4n) is 0. The minimum atomic E-state index is -5.39. The smallest absolute Gasteiger partial charge is 1.00 e. The van der Waals surface area contributed by atoms with E-state index in [-0.39, 0.29) is 110 Å². The Labute approximate surface area is 161 Å². The van der Waals surface area contributed by atoms with Crippen molar-refractivity contribution in [3.05, 3.63) is 0 Å². The zero-order valence-electron chi connectivity index (χ0n) is 8.99. The molecule has 0 fully saturated rings. The van der Waals surface area contributed by atoms with Gasteiger partial charge in [0.05, 0.1) is 0 Å². The molecule has 14 heteroatoms. The van der Waals surface area contributed by atoms with Crippen molar-refractivity contribution in [2.75, 3.05) is 0 Å². The monoisotopic (exact) mass is 304 g/mol. The zero-order chi connectivity index (χ0) is 9.00. The molecule has 0 heterocycles. The van der Waals surface area contributed by atoms with Crippen LogP contribution in [-0.4, -0.2) is 107 Å². The maximum Gasteiger partial charge on any atom is 2.00 e. The van der Waals surface area contributed by atoms with Crippen LogP contribution in [0.5, 0.6) is 0 Å². The summed E-state index contributed by atoms with van der Waals surface area (Å²) >= 11 is 0. The molecular weight excluding hydrogens is 303 g/mol. The summed E-state index contributed by atoms with van der Waals surface area (Å²) in [4.78, 5) is 51.3. The normalized spacial score (nSPS) is 8.43. The van der Waals surface area contributed by atoms with Crippen LogP contribution in [0, 0.1) is 0 Å². The van der Waals surface area contributed by atoms with Gasteiger partial charge in [-0.15, -0.1) is 0 Å². The van der Waals surface area contributed by atoms with Gasteiger partial charge in [0, 0.05) is 0 Å². The van der Waals surface area contributed by atoms with Crippen molar-refractivity contribution in [3.8, 4) is 0 Å². The maximum atomic E-state index is 8.55. The second-order valence-corrected chi connectivity index (χ2v) is 2.68. The van der Waals surface area contributed by atoms with Gasteiger partial charge in [0.2, 0.25) is 0 Å². The molecule has 0 aromatic carbocycles. The standard InChI is InChI=1S/Ca.3Mg.2H3O4P.2H/c;;;;2*1-5(2,3)4;;/h;;;;2*(H3,1,2,3,4);;/q4*+2;;;2*-1/p-6. The molecule has 14 heavy (non-hydrogen) atoms. The first-order valence-electron chi connectivity index (χ1n) is 1.46. The van der Waals surface area contributed by atoms with Crippen LogP contribution < -0.4 is 29.4 Å². The fraction of sp³-hybridized carbons (Fsp3) is 0. The van der Waals surface area contributed by atoms with Crippen LogP contribution >= 0.6 is 15.6 Å². The first kappa shape index (κ1) is 36.1. The van der Waals surface area contributed by atoms with Crippen LogP contribution in [0.4, 0.5) is 0 Å². The zero-order valence-corrected chi connectivity index (χ0v) is 15.2. The second kappa shape index (κ2) is 16.8. The molecule has 0 rings (SSSR count). The first-order chi connectivity index (χ1) is 4.00. The third kappa shape index (κ3) is 241. The topological polar surface area (TPSA) is 172 Å². The van der Waals surface area contributed by atoms with E-state index in [1.807, 2.05) is 0 Å². The van der Waals surface area contributed by atoms with Gasteiger partial charge in [-0.2, -0.15) is 15.6 Å².